The highest BCUT2D eigenvalue weighted by molar-refractivity contribution is 5.75. The smallest absolute Gasteiger partial charge is 0.323 e. The van der Waals surface area contributed by atoms with Gasteiger partial charge in [-0.2, -0.15) is 0 Å². The lowest BCUT2D eigenvalue weighted by Gasteiger charge is -2.02. The second-order valence-electron chi connectivity index (χ2n) is 1.76. The van der Waals surface area contributed by atoms with Gasteiger partial charge in [-0.1, -0.05) is 0 Å². The molecule has 0 aromatic carbocycles. The van der Waals surface area contributed by atoms with Crippen molar-refractivity contribution >= 4 is 5.97 Å². The molecule has 1 atom stereocenters. The van der Waals surface area contributed by atoms with Crippen molar-refractivity contribution in [1.29, 1.82) is 0 Å². The summed E-state index contributed by atoms with van der Waals surface area (Å²) >= 11 is 0. The van der Waals surface area contributed by atoms with E-state index >= 15 is 0 Å². The Bertz CT molecular complexity index is 166. The third-order valence-electron chi connectivity index (χ3n) is 1.00. The van der Waals surface area contributed by atoms with Crippen LogP contribution in [0.4, 0.5) is 0 Å². The molecule has 0 saturated heterocycles. The van der Waals surface area contributed by atoms with Crippen LogP contribution < -0.4 is 5.73 Å². The van der Waals surface area contributed by atoms with Crippen LogP contribution in [0.5, 0.6) is 0 Å². The maximum Gasteiger partial charge on any atom is 0.323 e. The minimum absolute atomic E-state index is 0.364. The van der Waals surface area contributed by atoms with Gasteiger partial charge in [-0.25, -0.2) is 0 Å². The van der Waals surface area contributed by atoms with Crippen molar-refractivity contribution in [2.75, 3.05) is 7.11 Å². The van der Waals surface area contributed by atoms with Crippen LogP contribution in [0.2, 0.25) is 0 Å². The zero-order valence-corrected chi connectivity index (χ0v) is 6.18. The third-order valence-corrected chi connectivity index (χ3v) is 1.00. The number of methoxy groups -OCH3 is 1. The Morgan fingerprint density at radius 3 is 2.80 bits per heavy atom. The van der Waals surface area contributed by atoms with Crippen molar-refractivity contribution < 1.29 is 9.53 Å². The zero-order valence-electron chi connectivity index (χ0n) is 6.18. The predicted octanol–water partition coefficient (Wildman–Crippen LogP) is -0.0999. The van der Waals surface area contributed by atoms with E-state index in [1.54, 1.807) is 6.92 Å². The van der Waals surface area contributed by atoms with E-state index in [2.05, 4.69) is 16.6 Å². The van der Waals surface area contributed by atoms with Gasteiger partial charge in [0.2, 0.25) is 0 Å². The minimum Gasteiger partial charge on any atom is -0.468 e. The maximum atomic E-state index is 10.6. The van der Waals surface area contributed by atoms with Crippen LogP contribution in [0.15, 0.2) is 0 Å². The fourth-order valence-corrected chi connectivity index (χ4v) is 0.447. The Labute approximate surface area is 60.5 Å². The number of esters is 1. The summed E-state index contributed by atoms with van der Waals surface area (Å²) in [6.45, 7) is 1.70. The average molecular weight is 141 g/mol. The van der Waals surface area contributed by atoms with E-state index in [-0.39, 0.29) is 0 Å². The highest BCUT2D eigenvalue weighted by Crippen LogP contribution is 1.87. The van der Waals surface area contributed by atoms with Crippen molar-refractivity contribution in [1.82, 2.24) is 0 Å². The molecule has 0 fully saturated rings. The highest BCUT2D eigenvalue weighted by atomic mass is 16.5. The normalized spacial score (nSPS) is 11.1. The molecule has 0 aliphatic heterocycles. The number of hydrogen-bond donors (Lipinski definition) is 1. The van der Waals surface area contributed by atoms with Gasteiger partial charge in [0.25, 0.3) is 0 Å². The number of carbonyl (C=O) groups excluding carboxylic acids is 1. The van der Waals surface area contributed by atoms with Crippen LogP contribution in [-0.4, -0.2) is 19.1 Å². The largest absolute Gasteiger partial charge is 0.468 e. The van der Waals surface area contributed by atoms with Crippen LogP contribution in [0.1, 0.15) is 13.3 Å². The van der Waals surface area contributed by atoms with E-state index in [0.29, 0.717) is 6.42 Å². The number of ether oxygens (including phenoxy) is 1. The first-order valence-corrected chi connectivity index (χ1v) is 2.95. The lowest BCUT2D eigenvalue weighted by molar-refractivity contribution is -0.142. The molecule has 0 aliphatic carbocycles. The molecule has 3 nitrogen and oxygen atoms in total. The monoisotopic (exact) mass is 141 g/mol. The Morgan fingerprint density at radius 1 is 1.80 bits per heavy atom. The third kappa shape index (κ3) is 3.10. The van der Waals surface area contributed by atoms with Crippen molar-refractivity contribution in [3.63, 3.8) is 0 Å². The van der Waals surface area contributed by atoms with E-state index in [0.717, 1.165) is 0 Å². The quantitative estimate of drug-likeness (QED) is 0.431. The number of carbonyl (C=O) groups is 1. The van der Waals surface area contributed by atoms with Crippen LogP contribution in [-0.2, 0) is 9.53 Å². The average Bonchev–Trinajstić information content (AvgIpc) is 1.98. The Morgan fingerprint density at radius 2 is 2.40 bits per heavy atom. The summed E-state index contributed by atoms with van der Waals surface area (Å²) < 4.78 is 4.38. The van der Waals surface area contributed by atoms with Gasteiger partial charge in [-0.05, 0) is 6.92 Å². The molecule has 56 valence electrons. The molecular formula is C7H11NO2. The van der Waals surface area contributed by atoms with Gasteiger partial charge in [-0.15, -0.1) is 11.8 Å². The van der Waals surface area contributed by atoms with E-state index in [1.807, 2.05) is 0 Å². The van der Waals surface area contributed by atoms with Crippen LogP contribution >= 0.6 is 0 Å². The molecule has 0 spiro atoms. The summed E-state index contributed by atoms with van der Waals surface area (Å²) in [5, 5.41) is 0. The number of nitrogens with two attached hydrogens (primary N) is 1. The molecule has 0 rings (SSSR count). The SMILES string of the molecule is CC#CC[C@H](N)C(=O)OC. The topological polar surface area (TPSA) is 52.3 Å². The molecule has 0 bridgehead atoms. The first-order valence-electron chi connectivity index (χ1n) is 2.95. The van der Waals surface area contributed by atoms with Gasteiger partial charge in [0.1, 0.15) is 6.04 Å². The van der Waals surface area contributed by atoms with Crippen LogP contribution in [0.25, 0.3) is 0 Å². The standard InChI is InChI=1S/C7H11NO2/c1-3-4-5-6(8)7(9)10-2/h6H,5,8H2,1-2H3/t6-/m0/s1. The minimum atomic E-state index is -0.600. The first kappa shape index (κ1) is 8.99. The Balaban J connectivity index is 3.69. The molecule has 0 aromatic heterocycles. The fourth-order valence-electron chi connectivity index (χ4n) is 0.447. The zero-order chi connectivity index (χ0) is 7.98. The van der Waals surface area contributed by atoms with Gasteiger partial charge in [-0.3, -0.25) is 4.79 Å². The van der Waals surface area contributed by atoms with Gasteiger partial charge in [0, 0.05) is 6.42 Å². The van der Waals surface area contributed by atoms with E-state index in [9.17, 15) is 4.79 Å². The molecule has 10 heavy (non-hydrogen) atoms. The van der Waals surface area contributed by atoms with Gasteiger partial charge in [0.15, 0.2) is 0 Å². The maximum absolute atomic E-state index is 10.6. The highest BCUT2D eigenvalue weighted by Gasteiger charge is 2.10. The lowest BCUT2D eigenvalue weighted by Crippen LogP contribution is -2.30. The van der Waals surface area contributed by atoms with Crippen LogP contribution in [0, 0.1) is 11.8 Å². The van der Waals surface area contributed by atoms with E-state index < -0.39 is 12.0 Å². The molecule has 0 amide bonds. The lowest BCUT2D eigenvalue weighted by atomic mass is 10.2. The predicted molar refractivity (Wildman–Crippen MR) is 38.1 cm³/mol. The Kier molecular flexibility index (Phi) is 4.34. The first-order chi connectivity index (χ1) is 4.72. The molecule has 3 heteroatoms. The van der Waals surface area contributed by atoms with Crippen molar-refractivity contribution in [3.05, 3.63) is 0 Å². The molecule has 0 heterocycles. The molecule has 0 radical (unpaired) electrons. The summed E-state index contributed by atoms with van der Waals surface area (Å²) in [4.78, 5) is 10.6. The van der Waals surface area contributed by atoms with Crippen molar-refractivity contribution in [2.45, 2.75) is 19.4 Å². The van der Waals surface area contributed by atoms with Crippen molar-refractivity contribution in [2.24, 2.45) is 5.73 Å². The molecular weight excluding hydrogens is 130 g/mol. The van der Waals surface area contributed by atoms with Crippen molar-refractivity contribution in [3.8, 4) is 11.8 Å². The molecule has 0 unspecified atom stereocenters. The summed E-state index contributed by atoms with van der Waals surface area (Å²) in [5.41, 5.74) is 5.34. The fraction of sp³-hybridized carbons (Fsp3) is 0.571. The summed E-state index contributed by atoms with van der Waals surface area (Å²) in [5.74, 6) is 4.91. The van der Waals surface area contributed by atoms with Gasteiger partial charge >= 0.3 is 5.97 Å². The number of hydrogen-bond acceptors (Lipinski definition) is 3. The number of rotatable bonds is 2. The van der Waals surface area contributed by atoms with Crippen LogP contribution in [0.3, 0.4) is 0 Å². The summed E-state index contributed by atoms with van der Waals surface area (Å²) in [6.07, 6.45) is 0.364. The second kappa shape index (κ2) is 4.83. The second-order valence-corrected chi connectivity index (χ2v) is 1.76. The van der Waals surface area contributed by atoms with Gasteiger partial charge in [0.05, 0.1) is 7.11 Å². The summed E-state index contributed by atoms with van der Waals surface area (Å²) in [7, 11) is 1.31. The molecule has 0 aromatic rings. The summed E-state index contributed by atoms with van der Waals surface area (Å²) in [6, 6.07) is -0.600. The van der Waals surface area contributed by atoms with E-state index in [4.69, 9.17) is 5.73 Å². The molecule has 0 aliphatic rings. The van der Waals surface area contributed by atoms with Gasteiger partial charge < -0.3 is 10.5 Å². The molecule has 2 N–H and O–H groups in total. The van der Waals surface area contributed by atoms with E-state index in [1.165, 1.54) is 7.11 Å². The molecule has 0 saturated carbocycles. The Hall–Kier alpha value is -1.01.